The minimum absolute atomic E-state index is 0.158. The number of aliphatic hydroxyl groups excluding tert-OH is 1. The maximum absolute atomic E-state index is 11.8. The molecule has 0 bridgehead atoms. The summed E-state index contributed by atoms with van der Waals surface area (Å²) in [6.45, 7) is 2.89. The lowest BCUT2D eigenvalue weighted by molar-refractivity contribution is -0.116. The van der Waals surface area contributed by atoms with Gasteiger partial charge in [-0.15, -0.1) is 0 Å². The topological polar surface area (TPSA) is 66.6 Å². The molecule has 0 fully saturated rings. The van der Waals surface area contributed by atoms with Crippen molar-refractivity contribution in [1.29, 1.82) is 0 Å². The Labute approximate surface area is 128 Å². The minimum atomic E-state index is -0.158. The van der Waals surface area contributed by atoms with Crippen molar-refractivity contribution in [3.63, 3.8) is 0 Å². The first kappa shape index (κ1) is 14.5. The summed E-state index contributed by atoms with van der Waals surface area (Å²) in [5, 5.41) is 14.0. The van der Waals surface area contributed by atoms with Crippen LogP contribution >= 0.6 is 0 Å². The quantitative estimate of drug-likeness (QED) is 0.657. The van der Waals surface area contributed by atoms with Gasteiger partial charge in [0.1, 0.15) is 0 Å². The zero-order valence-corrected chi connectivity index (χ0v) is 12.5. The number of nitrogens with zero attached hydrogens (tertiary/aromatic N) is 2. The lowest BCUT2D eigenvalue weighted by Gasteiger charge is -2.03. The molecule has 22 heavy (non-hydrogen) atoms. The molecule has 0 spiro atoms. The van der Waals surface area contributed by atoms with Crippen molar-refractivity contribution in [2.75, 3.05) is 6.61 Å². The zero-order chi connectivity index (χ0) is 15.5. The average molecular weight is 297 g/mol. The van der Waals surface area contributed by atoms with Crippen molar-refractivity contribution in [3.05, 3.63) is 41.6 Å². The number of unbranched alkanes of at least 4 members (excludes halogenated alkanes) is 1. The maximum atomic E-state index is 11.8. The Hall–Kier alpha value is -2.40. The monoisotopic (exact) mass is 297 g/mol. The van der Waals surface area contributed by atoms with Gasteiger partial charge in [-0.2, -0.15) is 5.10 Å². The molecule has 0 saturated carbocycles. The van der Waals surface area contributed by atoms with Crippen LogP contribution in [0.25, 0.3) is 17.0 Å². The van der Waals surface area contributed by atoms with Gasteiger partial charge in [0, 0.05) is 35.8 Å². The minimum Gasteiger partial charge on any atom is -0.396 e. The fourth-order valence-corrected chi connectivity index (χ4v) is 2.71. The summed E-state index contributed by atoms with van der Waals surface area (Å²) >= 11 is 0. The smallest absolute Gasteiger partial charge is 0.273 e. The molecule has 0 aliphatic carbocycles. The van der Waals surface area contributed by atoms with Crippen LogP contribution in [-0.2, 0) is 11.3 Å². The Morgan fingerprint density at radius 1 is 1.32 bits per heavy atom. The average Bonchev–Trinajstić information content (AvgIpc) is 3.03. The molecule has 1 aromatic heterocycles. The van der Waals surface area contributed by atoms with Crippen molar-refractivity contribution < 1.29 is 9.90 Å². The third-order valence-electron chi connectivity index (χ3n) is 3.89. The second kappa shape index (κ2) is 6.15. The molecule has 0 atom stereocenters. The van der Waals surface area contributed by atoms with E-state index in [9.17, 15) is 4.79 Å². The van der Waals surface area contributed by atoms with E-state index in [2.05, 4.69) is 33.4 Å². The fourth-order valence-electron chi connectivity index (χ4n) is 2.71. The van der Waals surface area contributed by atoms with Crippen LogP contribution in [0.15, 0.2) is 41.1 Å². The molecule has 1 aromatic carbocycles. The van der Waals surface area contributed by atoms with Crippen molar-refractivity contribution in [1.82, 2.24) is 9.99 Å². The first-order chi connectivity index (χ1) is 10.7. The van der Waals surface area contributed by atoms with Crippen LogP contribution < -0.4 is 5.43 Å². The molecule has 5 heteroatoms. The number of para-hydroxylation sites is 1. The third-order valence-corrected chi connectivity index (χ3v) is 3.89. The number of hydrogen-bond donors (Lipinski definition) is 2. The molecule has 0 radical (unpaired) electrons. The highest BCUT2D eigenvalue weighted by molar-refractivity contribution is 6.27. The molecule has 2 heterocycles. The Bertz CT molecular complexity index is 771. The number of carbonyl (C=O) groups excluding carboxylic acids is 1. The van der Waals surface area contributed by atoms with Gasteiger partial charge in [0.05, 0.1) is 11.3 Å². The van der Waals surface area contributed by atoms with Crippen LogP contribution in [0, 0.1) is 0 Å². The molecular weight excluding hydrogens is 278 g/mol. The van der Waals surface area contributed by atoms with Crippen LogP contribution in [0.1, 0.15) is 25.3 Å². The molecule has 1 aliphatic heterocycles. The van der Waals surface area contributed by atoms with Crippen molar-refractivity contribution >= 4 is 28.6 Å². The van der Waals surface area contributed by atoms with Crippen molar-refractivity contribution in [2.45, 2.75) is 26.3 Å². The van der Waals surface area contributed by atoms with E-state index in [0.717, 1.165) is 35.9 Å². The number of carbonyl (C=O) groups is 1. The molecule has 3 rings (SSSR count). The summed E-state index contributed by atoms with van der Waals surface area (Å²) in [5.74, 6) is -0.158. The number of fused-ring (bicyclic) bond motifs is 1. The molecule has 1 aliphatic rings. The van der Waals surface area contributed by atoms with E-state index in [-0.39, 0.29) is 12.5 Å². The van der Waals surface area contributed by atoms with Crippen molar-refractivity contribution in [3.8, 4) is 0 Å². The summed E-state index contributed by atoms with van der Waals surface area (Å²) < 4.78 is 2.18. The molecule has 1 amide bonds. The highest BCUT2D eigenvalue weighted by Gasteiger charge is 2.19. The summed E-state index contributed by atoms with van der Waals surface area (Å²) in [6, 6.07) is 8.14. The highest BCUT2D eigenvalue weighted by Crippen LogP contribution is 2.25. The van der Waals surface area contributed by atoms with Gasteiger partial charge in [-0.05, 0) is 31.9 Å². The van der Waals surface area contributed by atoms with Crippen molar-refractivity contribution in [2.24, 2.45) is 5.10 Å². The third kappa shape index (κ3) is 2.67. The first-order valence-electron chi connectivity index (χ1n) is 7.46. The number of aromatic nitrogens is 1. The van der Waals surface area contributed by atoms with Gasteiger partial charge in [-0.25, -0.2) is 5.43 Å². The number of aliphatic hydroxyl groups is 1. The summed E-state index contributed by atoms with van der Waals surface area (Å²) in [4.78, 5) is 11.8. The molecule has 114 valence electrons. The second-order valence-corrected chi connectivity index (χ2v) is 5.42. The lowest BCUT2D eigenvalue weighted by Crippen LogP contribution is -2.12. The number of hydrazone groups is 1. The Kier molecular flexibility index (Phi) is 4.06. The number of hydrogen-bond acceptors (Lipinski definition) is 3. The van der Waals surface area contributed by atoms with Gasteiger partial charge in [0.25, 0.3) is 5.91 Å². The number of aryl methyl sites for hydroxylation is 1. The molecule has 0 saturated heterocycles. The van der Waals surface area contributed by atoms with Gasteiger partial charge >= 0.3 is 0 Å². The molecule has 5 nitrogen and oxygen atoms in total. The summed E-state index contributed by atoms with van der Waals surface area (Å²) in [6.07, 6.45) is 5.67. The predicted molar refractivity (Wildman–Crippen MR) is 87.5 cm³/mol. The molecule has 0 unspecified atom stereocenters. The van der Waals surface area contributed by atoms with Gasteiger partial charge in [0.15, 0.2) is 0 Å². The SMILES string of the molecule is CC1=NNC(=O)C1=Cc1cn(CCCCO)c2ccccc12. The fraction of sp³-hybridized carbons (Fsp3) is 0.294. The summed E-state index contributed by atoms with van der Waals surface area (Å²) in [7, 11) is 0. The van der Waals surface area contributed by atoms with E-state index in [4.69, 9.17) is 5.11 Å². The van der Waals surface area contributed by atoms with Crippen LogP contribution in [0.3, 0.4) is 0 Å². The zero-order valence-electron chi connectivity index (χ0n) is 12.5. The van der Waals surface area contributed by atoms with Gasteiger partial charge in [-0.3, -0.25) is 4.79 Å². The highest BCUT2D eigenvalue weighted by atomic mass is 16.2. The van der Waals surface area contributed by atoms with Crippen LogP contribution in [0.5, 0.6) is 0 Å². The summed E-state index contributed by atoms with van der Waals surface area (Å²) in [5.41, 5.74) is 5.96. The predicted octanol–water partition coefficient (Wildman–Crippen LogP) is 2.30. The van der Waals surface area contributed by atoms with E-state index in [1.54, 1.807) is 0 Å². The second-order valence-electron chi connectivity index (χ2n) is 5.42. The Balaban J connectivity index is 2.01. The first-order valence-corrected chi connectivity index (χ1v) is 7.46. The van der Waals surface area contributed by atoms with Crippen LogP contribution in [-0.4, -0.2) is 27.9 Å². The van der Waals surface area contributed by atoms with Gasteiger partial charge in [-0.1, -0.05) is 18.2 Å². The van der Waals surface area contributed by atoms with Gasteiger partial charge in [0.2, 0.25) is 0 Å². The Morgan fingerprint density at radius 3 is 2.86 bits per heavy atom. The normalized spacial score (nSPS) is 16.4. The maximum Gasteiger partial charge on any atom is 0.273 e. The van der Waals surface area contributed by atoms with Crippen LogP contribution in [0.2, 0.25) is 0 Å². The standard InChI is InChI=1S/C17H19N3O2/c1-12-15(17(22)19-18-12)10-13-11-20(8-4-5-9-21)16-7-3-2-6-14(13)16/h2-3,6-7,10-11,21H,4-5,8-9H2,1H3,(H,19,22). The van der Waals surface area contributed by atoms with E-state index in [1.165, 1.54) is 0 Å². The van der Waals surface area contributed by atoms with E-state index in [0.29, 0.717) is 11.3 Å². The largest absolute Gasteiger partial charge is 0.396 e. The van der Waals surface area contributed by atoms with E-state index in [1.807, 2.05) is 25.1 Å². The molecular formula is C17H19N3O2. The van der Waals surface area contributed by atoms with Crippen LogP contribution in [0.4, 0.5) is 0 Å². The van der Waals surface area contributed by atoms with E-state index < -0.39 is 0 Å². The number of amides is 1. The number of rotatable bonds is 5. The number of nitrogens with one attached hydrogen (secondary N) is 1. The lowest BCUT2D eigenvalue weighted by atomic mass is 10.1. The molecule has 2 aromatic rings. The molecule has 2 N–H and O–H groups in total. The van der Waals surface area contributed by atoms with Gasteiger partial charge < -0.3 is 9.67 Å². The van der Waals surface area contributed by atoms with E-state index >= 15 is 0 Å². The Morgan fingerprint density at radius 2 is 2.14 bits per heavy atom. The number of benzene rings is 1.